The average Bonchev–Trinajstić information content (AvgIpc) is 2.84. The Kier molecular flexibility index (Phi) is 4.83. The van der Waals surface area contributed by atoms with Crippen molar-refractivity contribution in [3.05, 3.63) is 47.9 Å². The molecule has 0 unspecified atom stereocenters. The standard InChI is InChI=1S/C20H25N3O2/c24-17-6-10-23(11-7-17)20-5-9-21-19(22-20)14-15-8-12-25-18-4-2-1-3-16(18)13-15/h1-5,9,15,17,24H,6-8,10-14H2/t15-/m1/s1. The molecule has 2 aromatic rings. The number of fused-ring (bicyclic) bond motifs is 1. The Morgan fingerprint density at radius 1 is 1.12 bits per heavy atom. The number of aliphatic hydroxyl groups excluding tert-OH is 1. The minimum atomic E-state index is -0.163. The summed E-state index contributed by atoms with van der Waals surface area (Å²) in [5.74, 6) is 3.42. The highest BCUT2D eigenvalue weighted by Gasteiger charge is 2.21. The summed E-state index contributed by atoms with van der Waals surface area (Å²) in [6.07, 6.45) is 6.25. The van der Waals surface area contributed by atoms with Crippen LogP contribution in [0.2, 0.25) is 0 Å². The molecule has 0 spiro atoms. The largest absolute Gasteiger partial charge is 0.493 e. The highest BCUT2D eigenvalue weighted by atomic mass is 16.5. The molecule has 2 aliphatic rings. The number of anilines is 1. The minimum absolute atomic E-state index is 0.163. The van der Waals surface area contributed by atoms with E-state index >= 15 is 0 Å². The van der Waals surface area contributed by atoms with Crippen molar-refractivity contribution in [2.24, 2.45) is 5.92 Å². The molecule has 1 atom stereocenters. The number of rotatable bonds is 3. The summed E-state index contributed by atoms with van der Waals surface area (Å²) in [6.45, 7) is 2.48. The normalized spacial score (nSPS) is 21.3. The van der Waals surface area contributed by atoms with Gasteiger partial charge in [0.15, 0.2) is 0 Å². The van der Waals surface area contributed by atoms with E-state index < -0.39 is 0 Å². The van der Waals surface area contributed by atoms with E-state index in [9.17, 15) is 5.11 Å². The van der Waals surface area contributed by atoms with Crippen molar-refractivity contribution in [3.63, 3.8) is 0 Å². The summed E-state index contributed by atoms with van der Waals surface area (Å²) in [5, 5.41) is 9.68. The lowest BCUT2D eigenvalue weighted by atomic mass is 9.93. The molecular formula is C20H25N3O2. The van der Waals surface area contributed by atoms with E-state index in [1.807, 2.05) is 18.3 Å². The van der Waals surface area contributed by atoms with E-state index in [0.717, 1.165) is 69.2 Å². The number of nitrogens with zero attached hydrogens (tertiary/aromatic N) is 3. The van der Waals surface area contributed by atoms with Crippen molar-refractivity contribution in [1.29, 1.82) is 0 Å². The molecule has 132 valence electrons. The Balaban J connectivity index is 1.45. The van der Waals surface area contributed by atoms with Crippen molar-refractivity contribution in [3.8, 4) is 5.75 Å². The van der Waals surface area contributed by atoms with Crippen LogP contribution in [0.15, 0.2) is 36.5 Å². The fraction of sp³-hybridized carbons (Fsp3) is 0.500. The van der Waals surface area contributed by atoms with Crippen molar-refractivity contribution < 1.29 is 9.84 Å². The zero-order valence-electron chi connectivity index (χ0n) is 14.5. The zero-order chi connectivity index (χ0) is 17.1. The molecule has 0 aliphatic carbocycles. The predicted molar refractivity (Wildman–Crippen MR) is 96.9 cm³/mol. The van der Waals surface area contributed by atoms with Gasteiger partial charge in [0.1, 0.15) is 17.4 Å². The molecule has 0 amide bonds. The van der Waals surface area contributed by atoms with Crippen LogP contribution in [0.25, 0.3) is 0 Å². The van der Waals surface area contributed by atoms with Gasteiger partial charge in [-0.3, -0.25) is 0 Å². The fourth-order valence-electron chi connectivity index (χ4n) is 3.75. The van der Waals surface area contributed by atoms with Crippen LogP contribution in [-0.2, 0) is 12.8 Å². The van der Waals surface area contributed by atoms with E-state index in [1.165, 1.54) is 5.56 Å². The van der Waals surface area contributed by atoms with Gasteiger partial charge in [-0.05, 0) is 49.3 Å². The highest BCUT2D eigenvalue weighted by Crippen LogP contribution is 2.28. The van der Waals surface area contributed by atoms with Gasteiger partial charge in [-0.2, -0.15) is 0 Å². The van der Waals surface area contributed by atoms with Crippen molar-refractivity contribution >= 4 is 5.82 Å². The SMILES string of the molecule is OC1CCN(c2ccnc(C[C@@H]3CCOc4ccccc4C3)n2)CC1. The van der Waals surface area contributed by atoms with Crippen LogP contribution in [0.5, 0.6) is 5.75 Å². The third kappa shape index (κ3) is 3.93. The Bertz CT molecular complexity index is 714. The number of hydrogen-bond donors (Lipinski definition) is 1. The molecule has 0 saturated carbocycles. The summed E-state index contributed by atoms with van der Waals surface area (Å²) >= 11 is 0. The quantitative estimate of drug-likeness (QED) is 0.931. The Morgan fingerprint density at radius 2 is 1.96 bits per heavy atom. The summed E-state index contributed by atoms with van der Waals surface area (Å²) in [6, 6.07) is 10.3. The summed E-state index contributed by atoms with van der Waals surface area (Å²) in [5.41, 5.74) is 1.28. The van der Waals surface area contributed by atoms with E-state index in [1.54, 1.807) is 0 Å². The van der Waals surface area contributed by atoms with E-state index in [0.29, 0.717) is 5.92 Å². The molecule has 1 fully saturated rings. The number of hydrogen-bond acceptors (Lipinski definition) is 5. The minimum Gasteiger partial charge on any atom is -0.493 e. The lowest BCUT2D eigenvalue weighted by Gasteiger charge is -2.30. The van der Waals surface area contributed by atoms with Gasteiger partial charge >= 0.3 is 0 Å². The van der Waals surface area contributed by atoms with E-state index in [4.69, 9.17) is 9.72 Å². The number of ether oxygens (including phenoxy) is 1. The van der Waals surface area contributed by atoms with E-state index in [2.05, 4.69) is 28.1 Å². The van der Waals surface area contributed by atoms with Crippen molar-refractivity contribution in [1.82, 2.24) is 9.97 Å². The summed E-state index contributed by atoms with van der Waals surface area (Å²) in [4.78, 5) is 11.5. The van der Waals surface area contributed by atoms with Gasteiger partial charge < -0.3 is 14.7 Å². The van der Waals surface area contributed by atoms with E-state index in [-0.39, 0.29) is 6.10 Å². The predicted octanol–water partition coefficient (Wildman–Crippen LogP) is 2.62. The first-order chi connectivity index (χ1) is 12.3. The molecule has 1 N–H and O–H groups in total. The maximum atomic E-state index is 9.68. The highest BCUT2D eigenvalue weighted by molar-refractivity contribution is 5.38. The monoisotopic (exact) mass is 339 g/mol. The van der Waals surface area contributed by atoms with Crippen LogP contribution in [0.1, 0.15) is 30.7 Å². The number of piperidine rings is 1. The molecule has 5 nitrogen and oxygen atoms in total. The molecule has 25 heavy (non-hydrogen) atoms. The Labute approximate surface area is 148 Å². The first-order valence-corrected chi connectivity index (χ1v) is 9.23. The Hall–Kier alpha value is -2.14. The van der Waals surface area contributed by atoms with Gasteiger partial charge in [0.25, 0.3) is 0 Å². The second-order valence-corrected chi connectivity index (χ2v) is 7.07. The lowest BCUT2D eigenvalue weighted by molar-refractivity contribution is 0.145. The van der Waals surface area contributed by atoms with Gasteiger partial charge in [-0.25, -0.2) is 9.97 Å². The van der Waals surface area contributed by atoms with Crippen LogP contribution in [0, 0.1) is 5.92 Å². The average molecular weight is 339 g/mol. The summed E-state index contributed by atoms with van der Waals surface area (Å²) < 4.78 is 5.87. The number of aromatic nitrogens is 2. The molecule has 1 aromatic heterocycles. The molecule has 1 saturated heterocycles. The Morgan fingerprint density at radius 3 is 2.84 bits per heavy atom. The number of benzene rings is 1. The second kappa shape index (κ2) is 7.40. The van der Waals surface area contributed by atoms with Crippen molar-refractivity contribution in [2.45, 2.75) is 38.2 Å². The maximum absolute atomic E-state index is 9.68. The van der Waals surface area contributed by atoms with Crippen molar-refractivity contribution in [2.75, 3.05) is 24.6 Å². The first kappa shape index (κ1) is 16.3. The van der Waals surface area contributed by atoms with Gasteiger partial charge in [0, 0.05) is 25.7 Å². The molecular weight excluding hydrogens is 314 g/mol. The number of para-hydroxylation sites is 1. The van der Waals surface area contributed by atoms with Gasteiger partial charge in [-0.1, -0.05) is 18.2 Å². The molecule has 4 rings (SSSR count). The smallest absolute Gasteiger partial charge is 0.132 e. The summed E-state index contributed by atoms with van der Waals surface area (Å²) in [7, 11) is 0. The van der Waals surface area contributed by atoms with Gasteiger partial charge in [0.05, 0.1) is 12.7 Å². The molecule has 1 aromatic carbocycles. The third-order valence-electron chi connectivity index (χ3n) is 5.22. The zero-order valence-corrected chi connectivity index (χ0v) is 14.5. The van der Waals surface area contributed by atoms with Crippen LogP contribution in [-0.4, -0.2) is 40.9 Å². The maximum Gasteiger partial charge on any atom is 0.132 e. The van der Waals surface area contributed by atoms with Crippen LogP contribution >= 0.6 is 0 Å². The van der Waals surface area contributed by atoms with Gasteiger partial charge in [0.2, 0.25) is 0 Å². The second-order valence-electron chi connectivity index (χ2n) is 7.07. The third-order valence-corrected chi connectivity index (χ3v) is 5.22. The van der Waals surface area contributed by atoms with Crippen LogP contribution in [0.3, 0.4) is 0 Å². The van der Waals surface area contributed by atoms with Crippen LogP contribution in [0.4, 0.5) is 5.82 Å². The number of aliphatic hydroxyl groups is 1. The molecule has 3 heterocycles. The molecule has 0 radical (unpaired) electrons. The topological polar surface area (TPSA) is 58.5 Å². The fourth-order valence-corrected chi connectivity index (χ4v) is 3.75. The molecule has 0 bridgehead atoms. The first-order valence-electron chi connectivity index (χ1n) is 9.23. The molecule has 2 aliphatic heterocycles. The van der Waals surface area contributed by atoms with Gasteiger partial charge in [-0.15, -0.1) is 0 Å². The van der Waals surface area contributed by atoms with Crippen LogP contribution < -0.4 is 9.64 Å². The lowest BCUT2D eigenvalue weighted by Crippen LogP contribution is -2.36. The molecule has 5 heteroatoms.